The monoisotopic (exact) mass is 353 g/mol. The number of nitrogens with one attached hydrogen (secondary N) is 1. The van der Waals surface area contributed by atoms with E-state index in [-0.39, 0.29) is 11.7 Å². The summed E-state index contributed by atoms with van der Waals surface area (Å²) in [5, 5.41) is 2.67. The molecule has 104 valence electrons. The lowest BCUT2D eigenvalue weighted by Gasteiger charge is -2.06. The summed E-state index contributed by atoms with van der Waals surface area (Å²) in [6, 6.07) is 13.8. The lowest BCUT2D eigenvalue weighted by Crippen LogP contribution is -2.14. The maximum absolute atomic E-state index is 13.0. The Morgan fingerprint density at radius 1 is 1.20 bits per heavy atom. The van der Waals surface area contributed by atoms with Crippen molar-refractivity contribution in [3.63, 3.8) is 0 Å². The summed E-state index contributed by atoms with van der Waals surface area (Å²) in [7, 11) is 0. The summed E-state index contributed by atoms with van der Waals surface area (Å²) in [6.07, 6.45) is 0. The SMILES string of the molecule is O=C(CSCc1ccccc1Br)Nc1cccc(F)c1. The Kier molecular flexibility index (Phi) is 5.61. The van der Waals surface area contributed by atoms with Crippen molar-refractivity contribution in [2.75, 3.05) is 11.1 Å². The molecule has 0 aromatic heterocycles. The Morgan fingerprint density at radius 3 is 2.75 bits per heavy atom. The quantitative estimate of drug-likeness (QED) is 0.859. The van der Waals surface area contributed by atoms with Gasteiger partial charge >= 0.3 is 0 Å². The zero-order valence-corrected chi connectivity index (χ0v) is 13.0. The number of carbonyl (C=O) groups excluding carboxylic acids is 1. The molecule has 2 nitrogen and oxygen atoms in total. The number of hydrogen-bond acceptors (Lipinski definition) is 2. The molecule has 0 fully saturated rings. The van der Waals surface area contributed by atoms with Gasteiger partial charge in [0, 0.05) is 15.9 Å². The van der Waals surface area contributed by atoms with Crippen LogP contribution in [0.3, 0.4) is 0 Å². The molecule has 0 atom stereocenters. The highest BCUT2D eigenvalue weighted by molar-refractivity contribution is 9.10. The minimum Gasteiger partial charge on any atom is -0.325 e. The van der Waals surface area contributed by atoms with Crippen molar-refractivity contribution in [2.45, 2.75) is 5.75 Å². The van der Waals surface area contributed by atoms with E-state index < -0.39 is 0 Å². The van der Waals surface area contributed by atoms with Crippen molar-refractivity contribution in [1.29, 1.82) is 0 Å². The predicted octanol–water partition coefficient (Wildman–Crippen LogP) is 4.46. The van der Waals surface area contributed by atoms with E-state index in [1.54, 1.807) is 12.1 Å². The number of benzene rings is 2. The van der Waals surface area contributed by atoms with Crippen LogP contribution >= 0.6 is 27.7 Å². The van der Waals surface area contributed by atoms with Crippen LogP contribution in [0.15, 0.2) is 53.0 Å². The van der Waals surface area contributed by atoms with Crippen molar-refractivity contribution in [3.05, 3.63) is 64.4 Å². The minimum atomic E-state index is -0.358. The number of carbonyl (C=O) groups is 1. The number of halogens is 2. The van der Waals surface area contributed by atoms with Gasteiger partial charge in [-0.15, -0.1) is 11.8 Å². The van der Waals surface area contributed by atoms with E-state index in [9.17, 15) is 9.18 Å². The van der Waals surface area contributed by atoms with Gasteiger partial charge in [-0.25, -0.2) is 4.39 Å². The van der Waals surface area contributed by atoms with Crippen LogP contribution in [0.1, 0.15) is 5.56 Å². The van der Waals surface area contributed by atoms with Crippen LogP contribution in [0, 0.1) is 5.82 Å². The van der Waals surface area contributed by atoms with Crippen LogP contribution < -0.4 is 5.32 Å². The zero-order valence-electron chi connectivity index (χ0n) is 10.6. The molecule has 0 saturated carbocycles. The first-order valence-electron chi connectivity index (χ1n) is 6.02. The van der Waals surface area contributed by atoms with Crippen LogP contribution in [-0.4, -0.2) is 11.7 Å². The predicted molar refractivity (Wildman–Crippen MR) is 85.3 cm³/mol. The third-order valence-electron chi connectivity index (χ3n) is 2.56. The van der Waals surface area contributed by atoms with E-state index in [4.69, 9.17) is 0 Å². The van der Waals surface area contributed by atoms with E-state index >= 15 is 0 Å². The summed E-state index contributed by atoms with van der Waals surface area (Å²) in [5.74, 6) is 0.590. The molecule has 0 unspecified atom stereocenters. The van der Waals surface area contributed by atoms with Gasteiger partial charge < -0.3 is 5.32 Å². The molecule has 0 aliphatic carbocycles. The number of thioether (sulfide) groups is 1. The van der Waals surface area contributed by atoms with Crippen molar-refractivity contribution >= 4 is 39.3 Å². The summed E-state index contributed by atoms with van der Waals surface area (Å²) in [5.41, 5.74) is 1.63. The van der Waals surface area contributed by atoms with Gasteiger partial charge in [-0.2, -0.15) is 0 Å². The summed E-state index contributed by atoms with van der Waals surface area (Å²) < 4.78 is 14.0. The molecule has 2 aromatic rings. The van der Waals surface area contributed by atoms with Crippen LogP contribution in [0.5, 0.6) is 0 Å². The number of hydrogen-bond donors (Lipinski definition) is 1. The fraction of sp³-hybridized carbons (Fsp3) is 0.133. The van der Waals surface area contributed by atoms with Gasteiger partial charge in [-0.1, -0.05) is 40.2 Å². The Morgan fingerprint density at radius 2 is 2.00 bits per heavy atom. The molecular formula is C15H13BrFNOS. The molecule has 20 heavy (non-hydrogen) atoms. The summed E-state index contributed by atoms with van der Waals surface area (Å²) >= 11 is 4.99. The maximum Gasteiger partial charge on any atom is 0.234 e. The van der Waals surface area contributed by atoms with Crippen LogP contribution in [0.2, 0.25) is 0 Å². The van der Waals surface area contributed by atoms with Crippen molar-refractivity contribution in [3.8, 4) is 0 Å². The lowest BCUT2D eigenvalue weighted by atomic mass is 10.2. The van der Waals surface area contributed by atoms with Gasteiger partial charge in [0.1, 0.15) is 5.82 Å². The maximum atomic E-state index is 13.0. The third-order valence-corrected chi connectivity index (χ3v) is 4.31. The smallest absolute Gasteiger partial charge is 0.234 e. The lowest BCUT2D eigenvalue weighted by molar-refractivity contribution is -0.113. The Hall–Kier alpha value is -1.33. The Bertz CT molecular complexity index is 606. The van der Waals surface area contributed by atoms with Gasteiger partial charge in [-0.3, -0.25) is 4.79 Å². The second kappa shape index (κ2) is 7.45. The molecule has 0 aliphatic heterocycles. The standard InChI is InChI=1S/C15H13BrFNOS/c16-14-7-2-1-4-11(14)9-20-10-15(19)18-13-6-3-5-12(17)8-13/h1-8H,9-10H2,(H,18,19). The molecule has 5 heteroatoms. The molecule has 0 radical (unpaired) electrons. The van der Waals surface area contributed by atoms with Gasteiger partial charge in [0.25, 0.3) is 0 Å². The van der Waals surface area contributed by atoms with Gasteiger partial charge in [0.2, 0.25) is 5.91 Å². The molecule has 2 rings (SSSR count). The first-order chi connectivity index (χ1) is 9.65. The molecule has 0 heterocycles. The highest BCUT2D eigenvalue weighted by atomic mass is 79.9. The average molecular weight is 354 g/mol. The molecule has 0 aliphatic rings. The zero-order chi connectivity index (χ0) is 14.4. The molecule has 0 spiro atoms. The molecule has 0 bridgehead atoms. The van der Waals surface area contributed by atoms with Crippen molar-refractivity contribution < 1.29 is 9.18 Å². The van der Waals surface area contributed by atoms with Crippen LogP contribution in [-0.2, 0) is 10.5 Å². The normalized spacial score (nSPS) is 10.3. The second-order valence-electron chi connectivity index (χ2n) is 4.14. The minimum absolute atomic E-state index is 0.132. The molecule has 2 aromatic carbocycles. The molecule has 1 N–H and O–H groups in total. The van der Waals surface area contributed by atoms with E-state index in [2.05, 4.69) is 21.2 Å². The first-order valence-corrected chi connectivity index (χ1v) is 7.96. The molecular weight excluding hydrogens is 341 g/mol. The summed E-state index contributed by atoms with van der Waals surface area (Å²) in [4.78, 5) is 11.7. The Balaban J connectivity index is 1.80. The average Bonchev–Trinajstić information content (AvgIpc) is 2.41. The highest BCUT2D eigenvalue weighted by Gasteiger charge is 2.05. The Labute approximate surface area is 129 Å². The third kappa shape index (κ3) is 4.65. The van der Waals surface area contributed by atoms with Gasteiger partial charge in [0.15, 0.2) is 0 Å². The number of rotatable bonds is 5. The molecule has 1 amide bonds. The topological polar surface area (TPSA) is 29.1 Å². The first kappa shape index (κ1) is 15.1. The fourth-order valence-corrected chi connectivity index (χ4v) is 3.07. The van der Waals surface area contributed by atoms with Crippen molar-refractivity contribution in [2.24, 2.45) is 0 Å². The number of anilines is 1. The van der Waals surface area contributed by atoms with Gasteiger partial charge in [-0.05, 0) is 29.8 Å². The van der Waals surface area contributed by atoms with Crippen molar-refractivity contribution in [1.82, 2.24) is 0 Å². The highest BCUT2D eigenvalue weighted by Crippen LogP contribution is 2.21. The van der Waals surface area contributed by atoms with E-state index in [1.165, 1.54) is 23.9 Å². The molecule has 0 saturated heterocycles. The van der Waals surface area contributed by atoms with Crippen LogP contribution in [0.4, 0.5) is 10.1 Å². The summed E-state index contributed by atoms with van der Waals surface area (Å²) in [6.45, 7) is 0. The van der Waals surface area contributed by atoms with E-state index in [1.807, 2.05) is 24.3 Å². The fourth-order valence-electron chi connectivity index (χ4n) is 1.63. The van der Waals surface area contributed by atoms with Crippen LogP contribution in [0.25, 0.3) is 0 Å². The van der Waals surface area contributed by atoms with Gasteiger partial charge in [0.05, 0.1) is 5.75 Å². The second-order valence-corrected chi connectivity index (χ2v) is 5.98. The largest absolute Gasteiger partial charge is 0.325 e. The van der Waals surface area contributed by atoms with E-state index in [0.717, 1.165) is 15.8 Å². The number of amides is 1. The van der Waals surface area contributed by atoms with E-state index in [0.29, 0.717) is 11.4 Å².